The quantitative estimate of drug-likeness (QED) is 0.407. The minimum Gasteiger partial charge on any atom is -0.492 e. The largest absolute Gasteiger partial charge is 0.492 e. The summed E-state index contributed by atoms with van der Waals surface area (Å²) in [6, 6.07) is 9.69. The van der Waals surface area contributed by atoms with Crippen LogP contribution in [-0.4, -0.2) is 0 Å². The lowest BCUT2D eigenvalue weighted by Crippen LogP contribution is -1.92. The van der Waals surface area contributed by atoms with Crippen LogP contribution >= 0.6 is 7.92 Å². The van der Waals surface area contributed by atoms with Crippen molar-refractivity contribution in [3.8, 4) is 0 Å². The third-order valence-electron chi connectivity index (χ3n) is 1.05. The molecule has 0 aliphatic carbocycles. The van der Waals surface area contributed by atoms with E-state index in [1.165, 1.54) is 0 Å². The predicted molar refractivity (Wildman–Crippen MR) is 41.6 cm³/mol. The molecule has 1 rings (SSSR count). The Labute approximate surface area is 57.7 Å². The lowest BCUT2D eigenvalue weighted by molar-refractivity contribution is 1.77. The molecule has 0 aliphatic heterocycles. The van der Waals surface area contributed by atoms with Gasteiger partial charge in [-0.25, -0.2) is 0 Å². The van der Waals surface area contributed by atoms with Gasteiger partial charge in [0.1, 0.15) is 0 Å². The molecule has 0 saturated heterocycles. The summed E-state index contributed by atoms with van der Waals surface area (Å²) in [5.74, 6) is 0. The summed E-state index contributed by atoms with van der Waals surface area (Å²) >= 11 is 0. The Kier molecular flexibility index (Phi) is 2.24. The minimum absolute atomic E-state index is 0.896. The van der Waals surface area contributed by atoms with Crippen LogP contribution in [0, 0.1) is 13.3 Å². The van der Waals surface area contributed by atoms with E-state index < -0.39 is 7.92 Å². The molecule has 0 heterocycles. The van der Waals surface area contributed by atoms with E-state index in [0.717, 1.165) is 5.30 Å². The first-order valence-corrected chi connectivity index (χ1v) is 4.13. The molecule has 0 N–H and O–H groups in total. The molecule has 46 valence electrons. The third-order valence-corrected chi connectivity index (χ3v) is 1.95. The van der Waals surface area contributed by atoms with E-state index in [1.807, 2.05) is 30.3 Å². The molecule has 1 heteroatoms. The molecule has 0 atom stereocenters. The standard InChI is InChI=1S/C8H7P/c1-9(2)8-6-4-3-5-7-8/h1-7H/q-2. The average molecular weight is 134 g/mol. The molecule has 0 unspecified atom stereocenters. The van der Waals surface area contributed by atoms with Crippen LogP contribution in [0.15, 0.2) is 30.3 Å². The van der Waals surface area contributed by atoms with Gasteiger partial charge in [-0.15, -0.1) is 0 Å². The Hall–Kier alpha value is -0.350. The summed E-state index contributed by atoms with van der Waals surface area (Å²) in [6.45, 7) is 10.9. The molecule has 9 heavy (non-hydrogen) atoms. The number of rotatable bonds is 1. The Bertz CT molecular complexity index is 167. The Morgan fingerprint density at radius 3 is 1.89 bits per heavy atom. The van der Waals surface area contributed by atoms with E-state index >= 15 is 0 Å². The Morgan fingerprint density at radius 1 is 1.00 bits per heavy atom. The van der Waals surface area contributed by atoms with Gasteiger partial charge < -0.3 is 21.3 Å². The molecule has 0 bridgehead atoms. The van der Waals surface area contributed by atoms with Gasteiger partial charge in [0.25, 0.3) is 0 Å². The highest BCUT2D eigenvalue weighted by molar-refractivity contribution is 7.67. The maximum atomic E-state index is 5.46. The summed E-state index contributed by atoms with van der Waals surface area (Å²) < 4.78 is 0. The molecular formula is C8H7P-2. The second-order valence-electron chi connectivity index (χ2n) is 1.74. The van der Waals surface area contributed by atoms with Crippen LogP contribution < -0.4 is 5.30 Å². The monoisotopic (exact) mass is 134 g/mol. The van der Waals surface area contributed by atoms with Gasteiger partial charge in [0.05, 0.1) is 0 Å². The van der Waals surface area contributed by atoms with Crippen molar-refractivity contribution in [3.63, 3.8) is 0 Å². The average Bonchev–Trinajstić information content (AvgIpc) is 1.90. The maximum absolute atomic E-state index is 5.46. The first-order chi connectivity index (χ1) is 4.30. The molecule has 1 aromatic rings. The van der Waals surface area contributed by atoms with Crippen molar-refractivity contribution in [3.05, 3.63) is 43.7 Å². The van der Waals surface area contributed by atoms with Gasteiger partial charge in [0, 0.05) is 0 Å². The van der Waals surface area contributed by atoms with Crippen LogP contribution in [0.5, 0.6) is 0 Å². The van der Waals surface area contributed by atoms with Gasteiger partial charge >= 0.3 is 0 Å². The second-order valence-corrected chi connectivity index (χ2v) is 3.07. The SMILES string of the molecule is [CH-]P([CH-])c1ccccc1. The molecule has 0 aliphatic rings. The molecule has 0 aromatic heterocycles. The lowest BCUT2D eigenvalue weighted by Gasteiger charge is -2.27. The van der Waals surface area contributed by atoms with Crippen molar-refractivity contribution in [2.24, 2.45) is 0 Å². The van der Waals surface area contributed by atoms with Gasteiger partial charge in [-0.2, -0.15) is 0 Å². The van der Waals surface area contributed by atoms with E-state index in [0.29, 0.717) is 0 Å². The van der Waals surface area contributed by atoms with Crippen LogP contribution in [0.25, 0.3) is 0 Å². The van der Waals surface area contributed by atoms with Gasteiger partial charge in [-0.3, -0.25) is 0 Å². The van der Waals surface area contributed by atoms with E-state index in [1.54, 1.807) is 0 Å². The second kappa shape index (κ2) is 2.98. The number of benzene rings is 1. The summed E-state index contributed by atoms with van der Waals surface area (Å²) in [4.78, 5) is 0. The summed E-state index contributed by atoms with van der Waals surface area (Å²) in [5, 5.41) is 1.03. The smallest absolute Gasteiger partial charge is 0.0598 e. The van der Waals surface area contributed by atoms with Crippen molar-refractivity contribution in [2.75, 3.05) is 0 Å². The fraction of sp³-hybridized carbons (Fsp3) is 0. The first-order valence-electron chi connectivity index (χ1n) is 2.65. The summed E-state index contributed by atoms with van der Waals surface area (Å²) in [6.07, 6.45) is 0. The topological polar surface area (TPSA) is 0 Å². The van der Waals surface area contributed by atoms with Crippen molar-refractivity contribution in [2.45, 2.75) is 0 Å². The molecule has 0 amide bonds. The molecule has 0 spiro atoms. The molecule has 1 aromatic carbocycles. The first kappa shape index (κ1) is 6.77. The van der Waals surface area contributed by atoms with Crippen LogP contribution in [-0.2, 0) is 0 Å². The van der Waals surface area contributed by atoms with Crippen LogP contribution in [0.3, 0.4) is 0 Å². The van der Waals surface area contributed by atoms with E-state index in [4.69, 9.17) is 13.3 Å². The third kappa shape index (κ3) is 1.80. The zero-order valence-electron chi connectivity index (χ0n) is 4.99. The van der Waals surface area contributed by atoms with E-state index in [2.05, 4.69) is 0 Å². The lowest BCUT2D eigenvalue weighted by atomic mass is 10.4. The number of hydrogen-bond donors (Lipinski definition) is 0. The fourth-order valence-electron chi connectivity index (χ4n) is 0.600. The zero-order valence-corrected chi connectivity index (χ0v) is 5.88. The minimum atomic E-state index is -0.896. The van der Waals surface area contributed by atoms with Crippen molar-refractivity contribution in [1.29, 1.82) is 0 Å². The van der Waals surface area contributed by atoms with Gasteiger partial charge in [-0.1, -0.05) is 35.6 Å². The van der Waals surface area contributed by atoms with E-state index in [9.17, 15) is 0 Å². The number of hydrogen-bond acceptors (Lipinski definition) is 0. The van der Waals surface area contributed by atoms with Gasteiger partial charge in [-0.05, 0) is 0 Å². The van der Waals surface area contributed by atoms with Gasteiger partial charge in [0.15, 0.2) is 0 Å². The highest BCUT2D eigenvalue weighted by Crippen LogP contribution is 2.27. The van der Waals surface area contributed by atoms with Crippen molar-refractivity contribution in [1.82, 2.24) is 0 Å². The normalized spacial score (nSPS) is 10.1. The highest BCUT2D eigenvalue weighted by atomic mass is 31.1. The van der Waals surface area contributed by atoms with E-state index in [-0.39, 0.29) is 0 Å². The Morgan fingerprint density at radius 2 is 1.56 bits per heavy atom. The summed E-state index contributed by atoms with van der Waals surface area (Å²) in [5.41, 5.74) is 0. The van der Waals surface area contributed by atoms with Gasteiger partial charge in [0.2, 0.25) is 0 Å². The van der Waals surface area contributed by atoms with Crippen LogP contribution in [0.2, 0.25) is 0 Å². The molecular weight excluding hydrogens is 127 g/mol. The van der Waals surface area contributed by atoms with Crippen molar-refractivity contribution >= 4 is 13.2 Å². The molecule has 0 nitrogen and oxygen atoms in total. The molecule has 2 radical (unpaired) electrons. The molecule has 0 fully saturated rings. The highest BCUT2D eigenvalue weighted by Gasteiger charge is 1.77. The maximum Gasteiger partial charge on any atom is -0.0598 e. The van der Waals surface area contributed by atoms with Crippen LogP contribution in [0.1, 0.15) is 0 Å². The summed E-state index contributed by atoms with van der Waals surface area (Å²) in [7, 11) is -0.896. The van der Waals surface area contributed by atoms with Crippen molar-refractivity contribution < 1.29 is 0 Å². The van der Waals surface area contributed by atoms with Crippen LogP contribution in [0.4, 0.5) is 0 Å². The fourth-order valence-corrected chi connectivity index (χ4v) is 1.12. The Balaban J connectivity index is 2.85. The zero-order chi connectivity index (χ0) is 6.69. The predicted octanol–water partition coefficient (Wildman–Crippen LogP) is 2.13. The molecule has 0 saturated carbocycles.